The van der Waals surface area contributed by atoms with E-state index in [-0.39, 0.29) is 12.5 Å². The van der Waals surface area contributed by atoms with E-state index in [1.54, 1.807) is 6.07 Å². The lowest BCUT2D eigenvalue weighted by Gasteiger charge is -2.18. The first-order valence-corrected chi connectivity index (χ1v) is 9.01. The molecule has 5 heteroatoms. The molecule has 0 atom stereocenters. The summed E-state index contributed by atoms with van der Waals surface area (Å²) in [6, 6.07) is 26.3. The van der Waals surface area contributed by atoms with Crippen molar-refractivity contribution < 1.29 is 14.3 Å². The highest BCUT2D eigenvalue weighted by atomic mass is 16.5. The summed E-state index contributed by atoms with van der Waals surface area (Å²) >= 11 is 0. The summed E-state index contributed by atoms with van der Waals surface area (Å²) in [6.45, 7) is 1.76. The zero-order chi connectivity index (χ0) is 19.8. The van der Waals surface area contributed by atoms with Crippen molar-refractivity contribution >= 4 is 11.8 Å². The van der Waals surface area contributed by atoms with Gasteiger partial charge < -0.3 is 4.74 Å². The number of aryl methyl sites for hydroxylation is 1. The Bertz CT molecular complexity index is 887. The summed E-state index contributed by atoms with van der Waals surface area (Å²) in [6.07, 6.45) is 0. The van der Waals surface area contributed by atoms with Gasteiger partial charge in [0, 0.05) is 0 Å². The SMILES string of the molecule is Cc1cccc(OCC(=O)NNC(=O)C(c2ccccc2)c2ccccc2)c1. The zero-order valence-electron chi connectivity index (χ0n) is 15.6. The van der Waals surface area contributed by atoms with Crippen LogP contribution in [0.4, 0.5) is 0 Å². The number of hydrogen-bond acceptors (Lipinski definition) is 3. The number of rotatable bonds is 6. The summed E-state index contributed by atoms with van der Waals surface area (Å²) in [5, 5.41) is 0. The Morgan fingerprint density at radius 2 is 1.43 bits per heavy atom. The van der Waals surface area contributed by atoms with Crippen LogP contribution in [-0.2, 0) is 9.59 Å². The Morgan fingerprint density at radius 1 is 0.821 bits per heavy atom. The van der Waals surface area contributed by atoms with E-state index in [4.69, 9.17) is 4.74 Å². The Hall–Kier alpha value is -3.60. The maximum absolute atomic E-state index is 12.8. The molecule has 0 saturated heterocycles. The van der Waals surface area contributed by atoms with E-state index in [2.05, 4.69) is 10.9 Å². The Kier molecular flexibility index (Phi) is 6.41. The topological polar surface area (TPSA) is 67.4 Å². The predicted molar refractivity (Wildman–Crippen MR) is 108 cm³/mol. The molecule has 0 aromatic heterocycles. The second kappa shape index (κ2) is 9.37. The lowest BCUT2D eigenvalue weighted by molar-refractivity contribution is -0.130. The lowest BCUT2D eigenvalue weighted by Crippen LogP contribution is -2.46. The molecule has 3 rings (SSSR count). The van der Waals surface area contributed by atoms with Crippen molar-refractivity contribution in [3.63, 3.8) is 0 Å². The maximum atomic E-state index is 12.8. The third-order valence-electron chi connectivity index (χ3n) is 4.21. The van der Waals surface area contributed by atoms with E-state index in [1.807, 2.05) is 85.8 Å². The van der Waals surface area contributed by atoms with Gasteiger partial charge in [0.05, 0.1) is 5.92 Å². The number of hydrogen-bond donors (Lipinski definition) is 2. The number of amides is 2. The van der Waals surface area contributed by atoms with E-state index < -0.39 is 11.8 Å². The van der Waals surface area contributed by atoms with Crippen molar-refractivity contribution in [2.75, 3.05) is 6.61 Å². The van der Waals surface area contributed by atoms with Gasteiger partial charge in [-0.05, 0) is 35.7 Å². The molecular formula is C23H22N2O3. The highest BCUT2D eigenvalue weighted by molar-refractivity contribution is 5.89. The summed E-state index contributed by atoms with van der Waals surface area (Å²) in [4.78, 5) is 24.9. The Balaban J connectivity index is 1.61. The Labute approximate surface area is 164 Å². The molecule has 0 aliphatic carbocycles. The number of ether oxygens (including phenoxy) is 1. The maximum Gasteiger partial charge on any atom is 0.276 e. The highest BCUT2D eigenvalue weighted by Crippen LogP contribution is 2.24. The van der Waals surface area contributed by atoms with Gasteiger partial charge in [-0.25, -0.2) is 0 Å². The van der Waals surface area contributed by atoms with Crippen LogP contribution in [0.1, 0.15) is 22.6 Å². The molecule has 0 fully saturated rings. The fourth-order valence-corrected chi connectivity index (χ4v) is 2.88. The summed E-state index contributed by atoms with van der Waals surface area (Å²) < 4.78 is 5.45. The third-order valence-corrected chi connectivity index (χ3v) is 4.21. The quantitative estimate of drug-likeness (QED) is 0.650. The van der Waals surface area contributed by atoms with Crippen LogP contribution in [0.3, 0.4) is 0 Å². The van der Waals surface area contributed by atoms with Crippen LogP contribution < -0.4 is 15.6 Å². The van der Waals surface area contributed by atoms with Crippen molar-refractivity contribution in [3.05, 3.63) is 102 Å². The average molecular weight is 374 g/mol. The molecule has 142 valence electrons. The van der Waals surface area contributed by atoms with Crippen molar-refractivity contribution in [1.29, 1.82) is 0 Å². The van der Waals surface area contributed by atoms with Gasteiger partial charge in [-0.3, -0.25) is 20.4 Å². The van der Waals surface area contributed by atoms with E-state index in [9.17, 15) is 9.59 Å². The van der Waals surface area contributed by atoms with Crippen molar-refractivity contribution in [3.8, 4) is 5.75 Å². The first-order chi connectivity index (χ1) is 13.6. The van der Waals surface area contributed by atoms with Crippen LogP contribution >= 0.6 is 0 Å². The molecule has 0 bridgehead atoms. The molecule has 0 radical (unpaired) electrons. The van der Waals surface area contributed by atoms with E-state index in [1.165, 1.54) is 0 Å². The van der Waals surface area contributed by atoms with Gasteiger partial charge in [-0.1, -0.05) is 72.8 Å². The van der Waals surface area contributed by atoms with Crippen molar-refractivity contribution in [2.24, 2.45) is 0 Å². The number of carbonyl (C=O) groups is 2. The lowest BCUT2D eigenvalue weighted by atomic mass is 9.91. The monoisotopic (exact) mass is 374 g/mol. The molecule has 28 heavy (non-hydrogen) atoms. The fraction of sp³-hybridized carbons (Fsp3) is 0.130. The minimum absolute atomic E-state index is 0.189. The van der Waals surface area contributed by atoms with Gasteiger partial charge >= 0.3 is 0 Å². The molecule has 3 aromatic carbocycles. The largest absolute Gasteiger partial charge is 0.484 e. The first kappa shape index (κ1) is 19.2. The molecular weight excluding hydrogens is 352 g/mol. The molecule has 0 aliphatic heterocycles. The first-order valence-electron chi connectivity index (χ1n) is 9.01. The molecule has 0 spiro atoms. The average Bonchev–Trinajstić information content (AvgIpc) is 2.72. The highest BCUT2D eigenvalue weighted by Gasteiger charge is 2.22. The van der Waals surface area contributed by atoms with Crippen molar-refractivity contribution in [2.45, 2.75) is 12.8 Å². The molecule has 0 heterocycles. The molecule has 0 aliphatic rings. The van der Waals surface area contributed by atoms with Crippen LogP contribution in [0, 0.1) is 6.92 Å². The molecule has 0 saturated carbocycles. The van der Waals surface area contributed by atoms with Gasteiger partial charge in [0.2, 0.25) is 5.91 Å². The number of hydrazine groups is 1. The smallest absolute Gasteiger partial charge is 0.276 e. The van der Waals surface area contributed by atoms with E-state index >= 15 is 0 Å². The summed E-state index contributed by atoms with van der Waals surface area (Å²) in [7, 11) is 0. The molecule has 3 aromatic rings. The van der Waals surface area contributed by atoms with Crippen LogP contribution in [0.5, 0.6) is 5.75 Å². The van der Waals surface area contributed by atoms with E-state index in [0.717, 1.165) is 16.7 Å². The second-order valence-corrected chi connectivity index (χ2v) is 6.40. The minimum Gasteiger partial charge on any atom is -0.484 e. The molecule has 0 unspecified atom stereocenters. The normalized spacial score (nSPS) is 10.4. The zero-order valence-corrected chi connectivity index (χ0v) is 15.6. The number of carbonyl (C=O) groups excluding carboxylic acids is 2. The summed E-state index contributed by atoms with van der Waals surface area (Å²) in [5.74, 6) is -0.677. The van der Waals surface area contributed by atoms with Gasteiger partial charge in [0.25, 0.3) is 5.91 Å². The third kappa shape index (κ3) is 5.20. The molecule has 5 nitrogen and oxygen atoms in total. The molecule has 2 N–H and O–H groups in total. The van der Waals surface area contributed by atoms with Gasteiger partial charge in [-0.2, -0.15) is 0 Å². The van der Waals surface area contributed by atoms with Crippen LogP contribution in [0.15, 0.2) is 84.9 Å². The molecule has 2 amide bonds. The van der Waals surface area contributed by atoms with Gasteiger partial charge in [-0.15, -0.1) is 0 Å². The fourth-order valence-electron chi connectivity index (χ4n) is 2.88. The van der Waals surface area contributed by atoms with Crippen LogP contribution in [0.2, 0.25) is 0 Å². The van der Waals surface area contributed by atoms with E-state index in [0.29, 0.717) is 5.75 Å². The summed E-state index contributed by atoms with van der Waals surface area (Å²) in [5.41, 5.74) is 7.66. The second-order valence-electron chi connectivity index (χ2n) is 6.40. The number of nitrogens with one attached hydrogen (secondary N) is 2. The Morgan fingerprint density at radius 3 is 2.00 bits per heavy atom. The van der Waals surface area contributed by atoms with Crippen LogP contribution in [0.25, 0.3) is 0 Å². The van der Waals surface area contributed by atoms with Crippen molar-refractivity contribution in [1.82, 2.24) is 10.9 Å². The predicted octanol–water partition coefficient (Wildman–Crippen LogP) is 3.35. The minimum atomic E-state index is -0.527. The standard InChI is InChI=1S/C23H22N2O3/c1-17-9-8-14-20(15-17)28-16-21(26)24-25-23(27)22(18-10-4-2-5-11-18)19-12-6-3-7-13-19/h2-15,22H,16H2,1H3,(H,24,26)(H,25,27). The number of benzene rings is 3. The van der Waals surface area contributed by atoms with Crippen LogP contribution in [-0.4, -0.2) is 18.4 Å². The van der Waals surface area contributed by atoms with Gasteiger partial charge in [0.15, 0.2) is 6.61 Å². The van der Waals surface area contributed by atoms with Gasteiger partial charge in [0.1, 0.15) is 5.75 Å².